The molecular formula is C19H27NO2S. The highest BCUT2D eigenvalue weighted by Crippen LogP contribution is 2.15. The van der Waals surface area contributed by atoms with E-state index in [0.717, 1.165) is 44.7 Å². The third-order valence-corrected chi connectivity index (χ3v) is 4.98. The van der Waals surface area contributed by atoms with Gasteiger partial charge in [-0.3, -0.25) is 4.79 Å². The van der Waals surface area contributed by atoms with Crippen molar-refractivity contribution in [1.29, 1.82) is 0 Å². The lowest BCUT2D eigenvalue weighted by atomic mass is 10.1. The summed E-state index contributed by atoms with van der Waals surface area (Å²) >= 11 is 1.62. The maximum Gasteiger partial charge on any atom is 0.232 e. The van der Waals surface area contributed by atoms with Crippen LogP contribution in [0, 0.1) is 6.92 Å². The third-order valence-electron chi connectivity index (χ3n) is 4.05. The lowest BCUT2D eigenvalue weighted by molar-refractivity contribution is -0.129. The molecule has 126 valence electrons. The number of rotatable bonds is 9. The highest BCUT2D eigenvalue weighted by atomic mass is 32.2. The first-order valence-corrected chi connectivity index (χ1v) is 9.48. The molecule has 1 heterocycles. The Hall–Kier alpha value is -1.26. The molecule has 0 saturated carbocycles. The topological polar surface area (TPSA) is 29.5 Å². The lowest BCUT2D eigenvalue weighted by Crippen LogP contribution is -2.39. The Labute approximate surface area is 144 Å². The van der Waals surface area contributed by atoms with Gasteiger partial charge >= 0.3 is 0 Å². The predicted octanol–water partition coefficient (Wildman–Crippen LogP) is 3.46. The number of ether oxygens (including phenoxy) is 1. The van der Waals surface area contributed by atoms with Gasteiger partial charge in [-0.1, -0.05) is 35.9 Å². The van der Waals surface area contributed by atoms with Crippen LogP contribution in [0.2, 0.25) is 0 Å². The van der Waals surface area contributed by atoms with Crippen LogP contribution in [0.15, 0.2) is 36.9 Å². The molecule has 1 saturated heterocycles. The van der Waals surface area contributed by atoms with Gasteiger partial charge in [-0.2, -0.15) is 0 Å². The Kier molecular flexibility index (Phi) is 7.69. The molecule has 0 bridgehead atoms. The van der Waals surface area contributed by atoms with E-state index in [2.05, 4.69) is 37.8 Å². The molecule has 0 spiro atoms. The van der Waals surface area contributed by atoms with E-state index >= 15 is 0 Å². The van der Waals surface area contributed by atoms with E-state index in [0.29, 0.717) is 5.75 Å². The van der Waals surface area contributed by atoms with Gasteiger partial charge in [0.2, 0.25) is 5.91 Å². The van der Waals surface area contributed by atoms with E-state index in [1.165, 1.54) is 11.1 Å². The monoisotopic (exact) mass is 333 g/mol. The van der Waals surface area contributed by atoms with Gasteiger partial charge in [0.05, 0.1) is 11.9 Å². The molecule has 0 radical (unpaired) electrons. The first-order chi connectivity index (χ1) is 11.2. The number of carbonyl (C=O) groups is 1. The Morgan fingerprint density at radius 3 is 2.87 bits per heavy atom. The summed E-state index contributed by atoms with van der Waals surface area (Å²) in [5.74, 6) is 1.55. The van der Waals surface area contributed by atoms with Gasteiger partial charge in [-0.05, 0) is 31.7 Å². The van der Waals surface area contributed by atoms with Crippen LogP contribution >= 0.6 is 11.8 Å². The molecule has 23 heavy (non-hydrogen) atoms. The fourth-order valence-electron chi connectivity index (χ4n) is 2.69. The van der Waals surface area contributed by atoms with E-state index in [1.807, 2.05) is 11.0 Å². The molecule has 1 aromatic carbocycles. The van der Waals surface area contributed by atoms with Gasteiger partial charge in [-0.25, -0.2) is 0 Å². The summed E-state index contributed by atoms with van der Waals surface area (Å²) in [6.45, 7) is 8.11. The molecule has 1 aromatic rings. The molecule has 0 aliphatic carbocycles. The van der Waals surface area contributed by atoms with Crippen molar-refractivity contribution < 1.29 is 9.53 Å². The van der Waals surface area contributed by atoms with Gasteiger partial charge < -0.3 is 9.64 Å². The lowest BCUT2D eigenvalue weighted by Gasteiger charge is -2.25. The average molecular weight is 333 g/mol. The highest BCUT2D eigenvalue weighted by Gasteiger charge is 2.22. The van der Waals surface area contributed by atoms with Crippen LogP contribution in [0.3, 0.4) is 0 Å². The largest absolute Gasteiger partial charge is 0.376 e. The number of thioether (sulfide) groups is 1. The summed E-state index contributed by atoms with van der Waals surface area (Å²) in [6, 6.07) is 8.55. The van der Waals surface area contributed by atoms with E-state index in [9.17, 15) is 4.79 Å². The molecule has 1 atom stereocenters. The van der Waals surface area contributed by atoms with Crippen LogP contribution in [-0.4, -0.2) is 48.1 Å². The zero-order valence-electron chi connectivity index (χ0n) is 14.0. The third kappa shape index (κ3) is 6.40. The van der Waals surface area contributed by atoms with Gasteiger partial charge in [0.1, 0.15) is 0 Å². The zero-order chi connectivity index (χ0) is 16.5. The van der Waals surface area contributed by atoms with Crippen molar-refractivity contribution in [3.05, 3.63) is 48.0 Å². The molecule has 3 nitrogen and oxygen atoms in total. The molecular weight excluding hydrogens is 306 g/mol. The van der Waals surface area contributed by atoms with E-state index < -0.39 is 0 Å². The molecule has 1 amide bonds. The van der Waals surface area contributed by atoms with Crippen molar-refractivity contribution >= 4 is 17.7 Å². The van der Waals surface area contributed by atoms with Crippen molar-refractivity contribution in [2.24, 2.45) is 0 Å². The fraction of sp³-hybridized carbons (Fsp3) is 0.526. The van der Waals surface area contributed by atoms with E-state index in [-0.39, 0.29) is 12.0 Å². The molecule has 2 rings (SSSR count). The van der Waals surface area contributed by atoms with Crippen molar-refractivity contribution in [3.63, 3.8) is 0 Å². The Morgan fingerprint density at radius 1 is 1.43 bits per heavy atom. The zero-order valence-corrected chi connectivity index (χ0v) is 14.8. The van der Waals surface area contributed by atoms with Crippen LogP contribution in [0.5, 0.6) is 0 Å². The quantitative estimate of drug-likeness (QED) is 0.512. The second-order valence-electron chi connectivity index (χ2n) is 6.01. The Balaban J connectivity index is 1.89. The molecule has 1 unspecified atom stereocenters. The number of amides is 1. The van der Waals surface area contributed by atoms with Crippen molar-refractivity contribution in [3.8, 4) is 0 Å². The van der Waals surface area contributed by atoms with Gasteiger partial charge in [0, 0.05) is 25.4 Å². The normalized spacial score (nSPS) is 17.2. The predicted molar refractivity (Wildman–Crippen MR) is 98.0 cm³/mol. The minimum Gasteiger partial charge on any atom is -0.376 e. The van der Waals surface area contributed by atoms with Gasteiger partial charge in [0.15, 0.2) is 0 Å². The average Bonchev–Trinajstić information content (AvgIpc) is 3.06. The SMILES string of the molecule is C=CCSCC(=O)N(CCc1ccc(C)cc1)CC1CCCO1. The second kappa shape index (κ2) is 9.78. The number of nitrogens with zero attached hydrogens (tertiary/aromatic N) is 1. The van der Waals surface area contributed by atoms with Crippen LogP contribution < -0.4 is 0 Å². The van der Waals surface area contributed by atoms with Crippen molar-refractivity contribution in [1.82, 2.24) is 4.90 Å². The summed E-state index contributed by atoms with van der Waals surface area (Å²) in [5, 5.41) is 0. The minimum absolute atomic E-state index is 0.208. The van der Waals surface area contributed by atoms with Crippen molar-refractivity contribution in [2.75, 3.05) is 31.2 Å². The fourth-order valence-corrected chi connectivity index (χ4v) is 3.33. The summed E-state index contributed by atoms with van der Waals surface area (Å²) in [4.78, 5) is 14.5. The second-order valence-corrected chi connectivity index (χ2v) is 7.04. The smallest absolute Gasteiger partial charge is 0.232 e. The van der Waals surface area contributed by atoms with Gasteiger partial charge in [0.25, 0.3) is 0 Å². The van der Waals surface area contributed by atoms with Crippen LogP contribution in [0.4, 0.5) is 0 Å². The highest BCUT2D eigenvalue weighted by molar-refractivity contribution is 8.00. The van der Waals surface area contributed by atoms with Crippen molar-refractivity contribution in [2.45, 2.75) is 32.3 Å². The summed E-state index contributed by atoms with van der Waals surface area (Å²) in [6.07, 6.45) is 5.12. The standard InChI is InChI=1S/C19H27NO2S/c1-3-13-23-15-19(21)20(14-18-5-4-12-22-18)11-10-17-8-6-16(2)7-9-17/h3,6-9,18H,1,4-5,10-15H2,2H3. The minimum atomic E-state index is 0.208. The molecule has 0 N–H and O–H groups in total. The maximum absolute atomic E-state index is 12.5. The first-order valence-electron chi connectivity index (χ1n) is 8.32. The Bertz CT molecular complexity index is 495. The number of benzene rings is 1. The van der Waals surface area contributed by atoms with Crippen LogP contribution in [0.25, 0.3) is 0 Å². The molecule has 4 heteroatoms. The molecule has 1 fully saturated rings. The van der Waals surface area contributed by atoms with E-state index in [1.54, 1.807) is 11.8 Å². The first kappa shape index (κ1) is 18.1. The molecule has 1 aliphatic heterocycles. The molecule has 1 aliphatic rings. The summed E-state index contributed by atoms with van der Waals surface area (Å²) in [5.41, 5.74) is 2.54. The summed E-state index contributed by atoms with van der Waals surface area (Å²) < 4.78 is 5.71. The van der Waals surface area contributed by atoms with Crippen LogP contribution in [-0.2, 0) is 16.0 Å². The van der Waals surface area contributed by atoms with E-state index in [4.69, 9.17) is 4.74 Å². The van der Waals surface area contributed by atoms with Crippen LogP contribution in [0.1, 0.15) is 24.0 Å². The molecule has 0 aromatic heterocycles. The number of hydrogen-bond donors (Lipinski definition) is 0. The Morgan fingerprint density at radius 2 is 2.22 bits per heavy atom. The number of hydrogen-bond acceptors (Lipinski definition) is 3. The van der Waals surface area contributed by atoms with Gasteiger partial charge in [-0.15, -0.1) is 18.3 Å². The number of carbonyl (C=O) groups excluding carboxylic acids is 1. The number of aryl methyl sites for hydroxylation is 1. The maximum atomic E-state index is 12.5. The summed E-state index contributed by atoms with van der Waals surface area (Å²) in [7, 11) is 0.